The smallest absolute Gasteiger partial charge is 0.0277 e. The molecule has 4 nitrogen and oxygen atoms in total. The monoisotopic (exact) mass is 378 g/mol. The minimum atomic E-state index is -0.549. The minimum absolute atomic E-state index is 0.245. The largest absolute Gasteiger partial charge is 0.326 e. The second-order valence-corrected chi connectivity index (χ2v) is 16.2. The third kappa shape index (κ3) is 5.04. The Labute approximate surface area is 152 Å². The molecule has 4 atom stereocenters. The Kier molecular flexibility index (Phi) is 7.78. The van der Waals surface area contributed by atoms with Crippen LogP contribution in [-0.4, -0.2) is 70.2 Å². The summed E-state index contributed by atoms with van der Waals surface area (Å²) in [4.78, 5) is 0. The standard InChI is InChI=1S/C18H42N4S2/c1-3-7-23(11-15(19)16(20)12-23)9-5-6-10-24(8-4-2)13-17(21)18(22)14-24/h15-18H,3-14,19-22H2,1-2H3. The fourth-order valence-corrected chi connectivity index (χ4v) is 14.5. The quantitative estimate of drug-likeness (QED) is 0.457. The van der Waals surface area contributed by atoms with Crippen molar-refractivity contribution in [2.45, 2.75) is 63.7 Å². The maximum atomic E-state index is 6.25. The number of rotatable bonds is 9. The summed E-state index contributed by atoms with van der Waals surface area (Å²) in [7, 11) is -1.10. The Morgan fingerprint density at radius 2 is 0.875 bits per heavy atom. The average Bonchev–Trinajstić information content (AvgIpc) is 2.94. The summed E-state index contributed by atoms with van der Waals surface area (Å²) < 4.78 is 0. The van der Waals surface area contributed by atoms with E-state index >= 15 is 0 Å². The molecule has 2 heterocycles. The molecule has 0 aromatic heterocycles. The van der Waals surface area contributed by atoms with E-state index in [9.17, 15) is 0 Å². The normalized spacial score (nSPS) is 48.1. The minimum Gasteiger partial charge on any atom is -0.326 e. The maximum absolute atomic E-state index is 6.25. The lowest BCUT2D eigenvalue weighted by atomic mass is 10.2. The first-order valence-electron chi connectivity index (χ1n) is 9.86. The first-order chi connectivity index (χ1) is 11.4. The van der Waals surface area contributed by atoms with Crippen LogP contribution in [-0.2, 0) is 0 Å². The number of hydrogen-bond acceptors (Lipinski definition) is 4. The lowest BCUT2D eigenvalue weighted by Crippen LogP contribution is -2.39. The second-order valence-electron chi connectivity index (χ2n) is 8.30. The van der Waals surface area contributed by atoms with E-state index in [2.05, 4.69) is 13.8 Å². The van der Waals surface area contributed by atoms with Crippen LogP contribution in [0.3, 0.4) is 0 Å². The van der Waals surface area contributed by atoms with Crippen molar-refractivity contribution in [3.05, 3.63) is 0 Å². The summed E-state index contributed by atoms with van der Waals surface area (Å²) >= 11 is 0. The fourth-order valence-electron chi connectivity index (χ4n) is 4.82. The lowest BCUT2D eigenvalue weighted by molar-refractivity contribution is 0.642. The maximum Gasteiger partial charge on any atom is 0.0277 e. The van der Waals surface area contributed by atoms with Gasteiger partial charge in [-0.3, -0.25) is 0 Å². The van der Waals surface area contributed by atoms with Crippen LogP contribution in [0.15, 0.2) is 0 Å². The van der Waals surface area contributed by atoms with Crippen LogP contribution in [0.1, 0.15) is 39.5 Å². The van der Waals surface area contributed by atoms with Crippen LogP contribution < -0.4 is 22.9 Å². The van der Waals surface area contributed by atoms with Gasteiger partial charge in [0.05, 0.1) is 0 Å². The van der Waals surface area contributed by atoms with Gasteiger partial charge in [0.25, 0.3) is 0 Å². The molecule has 2 fully saturated rings. The Hall–Kier alpha value is 0.540. The van der Waals surface area contributed by atoms with Gasteiger partial charge in [-0.05, 0) is 71.7 Å². The SMILES string of the molecule is CCCS1(CCCCS2(CCC)CC(N)C(N)C2)CC(N)C(N)C1. The summed E-state index contributed by atoms with van der Waals surface area (Å²) in [5.41, 5.74) is 25.0. The molecule has 24 heavy (non-hydrogen) atoms. The summed E-state index contributed by atoms with van der Waals surface area (Å²) in [6, 6.07) is 0.979. The Bertz CT molecular complexity index is 337. The molecule has 2 aliphatic rings. The Morgan fingerprint density at radius 1 is 0.583 bits per heavy atom. The fraction of sp³-hybridized carbons (Fsp3) is 1.00. The van der Waals surface area contributed by atoms with Crippen molar-refractivity contribution in [1.29, 1.82) is 0 Å². The molecule has 0 radical (unpaired) electrons. The van der Waals surface area contributed by atoms with Crippen LogP contribution in [0.2, 0.25) is 0 Å². The summed E-state index contributed by atoms with van der Waals surface area (Å²) in [6.07, 6.45) is 5.28. The second kappa shape index (κ2) is 8.96. The molecule has 2 saturated heterocycles. The predicted molar refractivity (Wildman–Crippen MR) is 116 cm³/mol. The van der Waals surface area contributed by atoms with E-state index in [-0.39, 0.29) is 24.2 Å². The molecule has 8 N–H and O–H groups in total. The van der Waals surface area contributed by atoms with E-state index in [4.69, 9.17) is 22.9 Å². The van der Waals surface area contributed by atoms with Gasteiger partial charge >= 0.3 is 0 Å². The van der Waals surface area contributed by atoms with Gasteiger partial charge in [-0.25, -0.2) is 20.1 Å². The van der Waals surface area contributed by atoms with E-state index < -0.39 is 20.1 Å². The summed E-state index contributed by atoms with van der Waals surface area (Å²) in [5.74, 6) is 10.4. The van der Waals surface area contributed by atoms with Gasteiger partial charge < -0.3 is 22.9 Å². The van der Waals surface area contributed by atoms with Gasteiger partial charge in [0.2, 0.25) is 0 Å². The lowest BCUT2D eigenvalue weighted by Gasteiger charge is -2.38. The van der Waals surface area contributed by atoms with Gasteiger partial charge in [0, 0.05) is 24.2 Å². The molecule has 146 valence electrons. The van der Waals surface area contributed by atoms with Crippen molar-refractivity contribution in [3.8, 4) is 0 Å². The zero-order chi connectivity index (χ0) is 17.8. The third-order valence-electron chi connectivity index (χ3n) is 5.96. The van der Waals surface area contributed by atoms with Gasteiger partial charge in [0.15, 0.2) is 0 Å². The Balaban J connectivity index is 1.84. The highest BCUT2D eigenvalue weighted by molar-refractivity contribution is 8.34. The van der Waals surface area contributed by atoms with E-state index in [0.717, 1.165) is 0 Å². The molecule has 6 heteroatoms. The van der Waals surface area contributed by atoms with E-state index in [0.29, 0.717) is 0 Å². The van der Waals surface area contributed by atoms with Crippen molar-refractivity contribution in [1.82, 2.24) is 0 Å². The summed E-state index contributed by atoms with van der Waals surface area (Å²) in [5, 5.41) is 0. The molecule has 0 aliphatic carbocycles. The molecule has 2 rings (SSSR count). The number of hydrogen-bond donors (Lipinski definition) is 4. The molecule has 0 bridgehead atoms. The van der Waals surface area contributed by atoms with Gasteiger partial charge in [-0.15, -0.1) is 0 Å². The molecule has 0 aromatic rings. The van der Waals surface area contributed by atoms with E-state index in [1.165, 1.54) is 71.7 Å². The average molecular weight is 379 g/mol. The van der Waals surface area contributed by atoms with Gasteiger partial charge in [0.1, 0.15) is 0 Å². The van der Waals surface area contributed by atoms with Crippen LogP contribution >= 0.6 is 20.1 Å². The van der Waals surface area contributed by atoms with E-state index in [1.54, 1.807) is 0 Å². The molecular weight excluding hydrogens is 336 g/mol. The van der Waals surface area contributed by atoms with Crippen molar-refractivity contribution >= 4 is 20.1 Å². The van der Waals surface area contributed by atoms with Crippen LogP contribution in [0, 0.1) is 0 Å². The predicted octanol–water partition coefficient (Wildman–Crippen LogP) is 1.53. The van der Waals surface area contributed by atoms with Crippen molar-refractivity contribution in [3.63, 3.8) is 0 Å². The molecule has 0 spiro atoms. The van der Waals surface area contributed by atoms with Crippen LogP contribution in [0.25, 0.3) is 0 Å². The first-order valence-corrected chi connectivity index (χ1v) is 14.5. The molecular formula is C18H42N4S2. The van der Waals surface area contributed by atoms with Crippen molar-refractivity contribution in [2.75, 3.05) is 46.0 Å². The molecule has 4 unspecified atom stereocenters. The third-order valence-corrected chi connectivity index (χ3v) is 15.2. The number of unbranched alkanes of at least 4 members (excludes halogenated alkanes) is 1. The molecule has 0 saturated carbocycles. The first kappa shape index (κ1) is 20.8. The molecule has 0 aromatic carbocycles. The molecule has 0 amide bonds. The highest BCUT2D eigenvalue weighted by Gasteiger charge is 2.39. The van der Waals surface area contributed by atoms with Crippen LogP contribution in [0.4, 0.5) is 0 Å². The van der Waals surface area contributed by atoms with Gasteiger partial charge in [-0.1, -0.05) is 13.8 Å². The zero-order valence-electron chi connectivity index (χ0n) is 15.9. The highest BCUT2D eigenvalue weighted by Crippen LogP contribution is 2.56. The zero-order valence-corrected chi connectivity index (χ0v) is 17.6. The topological polar surface area (TPSA) is 104 Å². The highest BCUT2D eigenvalue weighted by atomic mass is 32.3. The van der Waals surface area contributed by atoms with Crippen LogP contribution in [0.5, 0.6) is 0 Å². The number of nitrogens with two attached hydrogens (primary N) is 4. The molecule has 2 aliphatic heterocycles. The van der Waals surface area contributed by atoms with Crippen molar-refractivity contribution in [2.24, 2.45) is 22.9 Å². The van der Waals surface area contributed by atoms with E-state index in [1.807, 2.05) is 0 Å². The summed E-state index contributed by atoms with van der Waals surface area (Å²) in [6.45, 7) is 4.62. The Morgan fingerprint density at radius 3 is 1.12 bits per heavy atom. The van der Waals surface area contributed by atoms with Gasteiger partial charge in [-0.2, -0.15) is 0 Å². The van der Waals surface area contributed by atoms with Crippen molar-refractivity contribution < 1.29 is 0 Å².